The number of hydrogen-bond acceptors (Lipinski definition) is 6. The van der Waals surface area contributed by atoms with E-state index in [1.54, 1.807) is 31.5 Å². The smallest absolute Gasteiger partial charge is 0.333 e. The molecule has 0 atom stereocenters. The van der Waals surface area contributed by atoms with Crippen LogP contribution >= 0.6 is 11.3 Å². The third kappa shape index (κ3) is 2.33. The van der Waals surface area contributed by atoms with Crippen molar-refractivity contribution in [2.24, 2.45) is 7.05 Å². The lowest BCUT2D eigenvalue weighted by molar-refractivity contribution is -0.384. The van der Waals surface area contributed by atoms with E-state index >= 15 is 0 Å². The molecule has 0 fully saturated rings. The first kappa shape index (κ1) is 12.5. The number of anilines is 1. The molecule has 0 aliphatic carbocycles. The van der Waals surface area contributed by atoms with Gasteiger partial charge in [-0.1, -0.05) is 0 Å². The number of thiazole rings is 1. The van der Waals surface area contributed by atoms with Crippen molar-refractivity contribution < 1.29 is 4.92 Å². The van der Waals surface area contributed by atoms with Crippen molar-refractivity contribution >= 4 is 22.8 Å². The minimum atomic E-state index is -0.419. The fourth-order valence-corrected chi connectivity index (χ4v) is 2.43. The van der Waals surface area contributed by atoms with E-state index < -0.39 is 4.92 Å². The Kier molecular flexibility index (Phi) is 3.28. The molecule has 2 rings (SSSR count). The van der Waals surface area contributed by atoms with Gasteiger partial charge in [0.1, 0.15) is 10.7 Å². The minimum Gasteiger partial charge on any atom is -0.358 e. The van der Waals surface area contributed by atoms with Crippen LogP contribution < -0.4 is 5.32 Å². The van der Waals surface area contributed by atoms with E-state index in [1.807, 2.05) is 6.92 Å². The van der Waals surface area contributed by atoms with Gasteiger partial charge in [-0.2, -0.15) is 5.10 Å². The standard InChI is InChI=1S/C10H13N5O2S/c1-6-4-11-8(18-6)5-12-10-9(15(16)17)7(2)13-14(10)3/h4,12H,5H2,1-3H3. The molecule has 0 aromatic carbocycles. The summed E-state index contributed by atoms with van der Waals surface area (Å²) in [6, 6.07) is 0. The van der Waals surface area contributed by atoms with Crippen molar-refractivity contribution in [2.45, 2.75) is 20.4 Å². The monoisotopic (exact) mass is 267 g/mol. The minimum absolute atomic E-state index is 0.0192. The Labute approximate surface area is 108 Å². The SMILES string of the molecule is Cc1cnc(CNc2c([N+](=O)[O-])c(C)nn2C)s1. The predicted octanol–water partition coefficient (Wildman–Crippen LogP) is 2.01. The third-order valence-electron chi connectivity index (χ3n) is 2.45. The number of nitrogens with zero attached hydrogens (tertiary/aromatic N) is 4. The summed E-state index contributed by atoms with van der Waals surface area (Å²) in [7, 11) is 1.68. The summed E-state index contributed by atoms with van der Waals surface area (Å²) >= 11 is 1.56. The quantitative estimate of drug-likeness (QED) is 0.676. The maximum absolute atomic E-state index is 11.0. The second kappa shape index (κ2) is 4.73. The Balaban J connectivity index is 2.21. The second-order valence-electron chi connectivity index (χ2n) is 3.88. The second-order valence-corrected chi connectivity index (χ2v) is 5.20. The van der Waals surface area contributed by atoms with Gasteiger partial charge in [-0.15, -0.1) is 11.3 Å². The lowest BCUT2D eigenvalue weighted by Crippen LogP contribution is -2.06. The summed E-state index contributed by atoms with van der Waals surface area (Å²) in [6.45, 7) is 4.05. The first-order valence-electron chi connectivity index (χ1n) is 5.32. The molecule has 2 aromatic heterocycles. The van der Waals surface area contributed by atoms with E-state index in [2.05, 4.69) is 15.4 Å². The lowest BCUT2D eigenvalue weighted by atomic mass is 10.4. The van der Waals surface area contributed by atoms with Gasteiger partial charge in [0.05, 0.1) is 11.5 Å². The number of aromatic nitrogens is 3. The average Bonchev–Trinajstić information content (AvgIpc) is 2.79. The average molecular weight is 267 g/mol. The van der Waals surface area contributed by atoms with Crippen LogP contribution in [0.2, 0.25) is 0 Å². The van der Waals surface area contributed by atoms with E-state index in [0.29, 0.717) is 18.1 Å². The van der Waals surface area contributed by atoms with E-state index in [4.69, 9.17) is 0 Å². The van der Waals surface area contributed by atoms with Crippen molar-refractivity contribution in [3.63, 3.8) is 0 Å². The normalized spacial score (nSPS) is 10.6. The molecule has 96 valence electrons. The lowest BCUT2D eigenvalue weighted by Gasteiger charge is -2.03. The van der Waals surface area contributed by atoms with Gasteiger partial charge >= 0.3 is 5.69 Å². The molecule has 0 spiro atoms. The van der Waals surface area contributed by atoms with Crippen LogP contribution in [0.15, 0.2) is 6.20 Å². The van der Waals surface area contributed by atoms with Crippen LogP contribution in [-0.4, -0.2) is 19.7 Å². The molecule has 0 saturated heterocycles. The fourth-order valence-electron chi connectivity index (χ4n) is 1.71. The van der Waals surface area contributed by atoms with Crippen molar-refractivity contribution in [3.05, 3.63) is 31.9 Å². The van der Waals surface area contributed by atoms with E-state index in [0.717, 1.165) is 9.88 Å². The van der Waals surface area contributed by atoms with E-state index in [9.17, 15) is 10.1 Å². The van der Waals surface area contributed by atoms with Crippen molar-refractivity contribution in [2.75, 3.05) is 5.32 Å². The maximum atomic E-state index is 11.0. The summed E-state index contributed by atoms with van der Waals surface area (Å²) in [5.74, 6) is 0.408. The van der Waals surface area contributed by atoms with E-state index in [-0.39, 0.29) is 5.69 Å². The molecular weight excluding hydrogens is 254 g/mol. The molecule has 0 unspecified atom stereocenters. The molecule has 1 N–H and O–H groups in total. The molecule has 8 heteroatoms. The van der Waals surface area contributed by atoms with Crippen LogP contribution in [0, 0.1) is 24.0 Å². The van der Waals surface area contributed by atoms with Gasteiger partial charge in [0.15, 0.2) is 0 Å². The van der Waals surface area contributed by atoms with Gasteiger partial charge in [-0.05, 0) is 13.8 Å². The van der Waals surface area contributed by atoms with Gasteiger partial charge in [0, 0.05) is 18.1 Å². The highest BCUT2D eigenvalue weighted by atomic mass is 32.1. The first-order chi connectivity index (χ1) is 8.49. The molecule has 0 bridgehead atoms. The van der Waals surface area contributed by atoms with Gasteiger partial charge in [-0.25, -0.2) is 9.67 Å². The zero-order valence-corrected chi connectivity index (χ0v) is 11.1. The van der Waals surface area contributed by atoms with Gasteiger partial charge in [0.2, 0.25) is 5.82 Å². The van der Waals surface area contributed by atoms with Crippen LogP contribution in [0.3, 0.4) is 0 Å². The number of nitrogens with one attached hydrogen (secondary N) is 1. The number of aryl methyl sites for hydroxylation is 3. The summed E-state index contributed by atoms with van der Waals surface area (Å²) < 4.78 is 1.48. The molecule has 0 amide bonds. The summed E-state index contributed by atoms with van der Waals surface area (Å²) in [4.78, 5) is 15.9. The highest BCUT2D eigenvalue weighted by molar-refractivity contribution is 7.11. The van der Waals surface area contributed by atoms with Crippen LogP contribution in [-0.2, 0) is 13.6 Å². The van der Waals surface area contributed by atoms with Gasteiger partial charge < -0.3 is 5.32 Å². The van der Waals surface area contributed by atoms with Gasteiger partial charge in [0.25, 0.3) is 0 Å². The number of nitro groups is 1. The zero-order valence-electron chi connectivity index (χ0n) is 10.3. The summed E-state index contributed by atoms with van der Waals surface area (Å²) in [5, 5.41) is 18.9. The molecule has 0 saturated carbocycles. The molecular formula is C10H13N5O2S. The topological polar surface area (TPSA) is 85.9 Å². The van der Waals surface area contributed by atoms with Crippen molar-refractivity contribution in [1.29, 1.82) is 0 Å². The molecule has 2 aromatic rings. The zero-order chi connectivity index (χ0) is 13.3. The maximum Gasteiger partial charge on any atom is 0.333 e. The Bertz CT molecular complexity index is 589. The first-order valence-corrected chi connectivity index (χ1v) is 6.14. The Hall–Kier alpha value is -1.96. The van der Waals surface area contributed by atoms with Crippen LogP contribution in [0.5, 0.6) is 0 Å². The Morgan fingerprint density at radius 3 is 2.83 bits per heavy atom. The van der Waals surface area contributed by atoms with Crippen LogP contribution in [0.25, 0.3) is 0 Å². The van der Waals surface area contributed by atoms with E-state index in [1.165, 1.54) is 4.68 Å². The fraction of sp³-hybridized carbons (Fsp3) is 0.400. The van der Waals surface area contributed by atoms with Crippen molar-refractivity contribution in [1.82, 2.24) is 14.8 Å². The molecule has 0 radical (unpaired) electrons. The highest BCUT2D eigenvalue weighted by Gasteiger charge is 2.23. The number of hydrogen-bond donors (Lipinski definition) is 1. The molecule has 18 heavy (non-hydrogen) atoms. The van der Waals surface area contributed by atoms with Gasteiger partial charge in [-0.3, -0.25) is 10.1 Å². The molecule has 7 nitrogen and oxygen atoms in total. The predicted molar refractivity (Wildman–Crippen MR) is 68.8 cm³/mol. The summed E-state index contributed by atoms with van der Waals surface area (Å²) in [5.41, 5.74) is 0.422. The largest absolute Gasteiger partial charge is 0.358 e. The Morgan fingerprint density at radius 1 is 1.56 bits per heavy atom. The van der Waals surface area contributed by atoms with Crippen molar-refractivity contribution in [3.8, 4) is 0 Å². The van der Waals surface area contributed by atoms with Crippen LogP contribution in [0.1, 0.15) is 15.6 Å². The number of rotatable bonds is 4. The molecule has 2 heterocycles. The molecule has 0 aliphatic rings. The highest BCUT2D eigenvalue weighted by Crippen LogP contribution is 2.27. The molecule has 0 aliphatic heterocycles. The third-order valence-corrected chi connectivity index (χ3v) is 3.36. The summed E-state index contributed by atoms with van der Waals surface area (Å²) in [6.07, 6.45) is 1.78. The Morgan fingerprint density at radius 2 is 2.28 bits per heavy atom. The van der Waals surface area contributed by atoms with Crippen LogP contribution in [0.4, 0.5) is 11.5 Å².